The first kappa shape index (κ1) is 15.6. The lowest BCUT2D eigenvalue weighted by Gasteiger charge is -2.13. The largest absolute Gasteiger partial charge is 0.441 e. The average molecular weight is 317 g/mol. The second kappa shape index (κ2) is 6.86. The van der Waals surface area contributed by atoms with Crippen LogP contribution in [-0.2, 0) is 6.54 Å². The zero-order valence-corrected chi connectivity index (χ0v) is 14.0. The van der Waals surface area contributed by atoms with Gasteiger partial charge in [0.1, 0.15) is 5.76 Å². The van der Waals surface area contributed by atoms with Gasteiger partial charge in [0, 0.05) is 23.5 Å². The highest BCUT2D eigenvalue weighted by Gasteiger charge is 2.23. The number of hydrogen-bond donors (Lipinski definition) is 1. The van der Waals surface area contributed by atoms with E-state index in [4.69, 9.17) is 15.1 Å². The van der Waals surface area contributed by atoms with Crippen LogP contribution < -0.4 is 5.73 Å². The van der Waals surface area contributed by atoms with Crippen molar-refractivity contribution in [2.75, 3.05) is 25.9 Å². The molecule has 2 aromatic rings. The van der Waals surface area contributed by atoms with Crippen LogP contribution in [0, 0.1) is 12.8 Å². The van der Waals surface area contributed by atoms with Crippen molar-refractivity contribution in [1.29, 1.82) is 0 Å². The molecule has 4 nitrogen and oxygen atoms in total. The average Bonchev–Trinajstić information content (AvgIpc) is 3.15. The molecule has 118 valence electrons. The summed E-state index contributed by atoms with van der Waals surface area (Å²) in [4.78, 5) is 8.37. The Morgan fingerprint density at radius 1 is 1.36 bits per heavy atom. The second-order valence-electron chi connectivity index (χ2n) is 5.88. The molecule has 0 amide bonds. The molecule has 0 bridgehead atoms. The standard InChI is InChI=1S/C17H23N3OS/c1-12-16(11-20-8-7-13(9-18)10-20)19-17(21-12)14-3-5-15(22-2)6-4-14/h3-6,13H,7-11,18H2,1-2H3/t13-/m1/s1. The Morgan fingerprint density at radius 2 is 2.14 bits per heavy atom. The summed E-state index contributed by atoms with van der Waals surface area (Å²) in [5.74, 6) is 2.26. The maximum atomic E-state index is 5.87. The minimum atomic E-state index is 0.630. The van der Waals surface area contributed by atoms with Crippen LogP contribution in [-0.4, -0.2) is 35.8 Å². The lowest BCUT2D eigenvalue weighted by atomic mass is 10.1. The maximum Gasteiger partial charge on any atom is 0.226 e. The number of hydrogen-bond acceptors (Lipinski definition) is 5. The van der Waals surface area contributed by atoms with E-state index in [1.165, 1.54) is 11.3 Å². The van der Waals surface area contributed by atoms with Crippen molar-refractivity contribution in [1.82, 2.24) is 9.88 Å². The Hall–Kier alpha value is -1.30. The first-order valence-corrected chi connectivity index (χ1v) is 8.95. The first-order chi connectivity index (χ1) is 10.7. The van der Waals surface area contributed by atoms with Crippen molar-refractivity contribution in [2.45, 2.75) is 24.8 Å². The molecule has 1 fully saturated rings. The third kappa shape index (κ3) is 3.37. The number of thioether (sulfide) groups is 1. The topological polar surface area (TPSA) is 55.3 Å². The molecule has 0 radical (unpaired) electrons. The lowest BCUT2D eigenvalue weighted by Crippen LogP contribution is -2.23. The number of nitrogens with two attached hydrogens (primary N) is 1. The molecular formula is C17H23N3OS. The van der Waals surface area contributed by atoms with Gasteiger partial charge < -0.3 is 10.2 Å². The van der Waals surface area contributed by atoms with E-state index >= 15 is 0 Å². The summed E-state index contributed by atoms with van der Waals surface area (Å²) in [6.45, 7) is 5.81. The zero-order chi connectivity index (χ0) is 15.5. The highest BCUT2D eigenvalue weighted by Crippen LogP contribution is 2.26. The molecule has 1 atom stereocenters. The molecule has 0 spiro atoms. The molecule has 5 heteroatoms. The Kier molecular flexibility index (Phi) is 4.86. The van der Waals surface area contributed by atoms with Crippen LogP contribution >= 0.6 is 11.8 Å². The predicted octanol–water partition coefficient (Wildman–Crippen LogP) is 3.15. The van der Waals surface area contributed by atoms with E-state index in [0.717, 1.165) is 49.1 Å². The van der Waals surface area contributed by atoms with Gasteiger partial charge in [-0.05, 0) is 62.9 Å². The summed E-state index contributed by atoms with van der Waals surface area (Å²) < 4.78 is 5.87. The minimum absolute atomic E-state index is 0.630. The fourth-order valence-corrected chi connectivity index (χ4v) is 3.30. The quantitative estimate of drug-likeness (QED) is 0.859. The number of rotatable bonds is 5. The van der Waals surface area contributed by atoms with E-state index in [2.05, 4.69) is 35.4 Å². The van der Waals surface area contributed by atoms with Gasteiger partial charge >= 0.3 is 0 Å². The van der Waals surface area contributed by atoms with Gasteiger partial charge in [0.15, 0.2) is 0 Å². The highest BCUT2D eigenvalue weighted by atomic mass is 32.2. The Morgan fingerprint density at radius 3 is 2.77 bits per heavy atom. The molecule has 3 rings (SSSR count). The molecule has 1 aromatic heterocycles. The van der Waals surface area contributed by atoms with Gasteiger partial charge in [0.25, 0.3) is 0 Å². The smallest absolute Gasteiger partial charge is 0.226 e. The van der Waals surface area contributed by atoms with Gasteiger partial charge in [-0.2, -0.15) is 0 Å². The molecule has 0 aliphatic carbocycles. The third-order valence-corrected chi connectivity index (χ3v) is 5.05. The van der Waals surface area contributed by atoms with Crippen molar-refractivity contribution < 1.29 is 4.42 Å². The molecule has 1 aromatic carbocycles. The summed E-state index contributed by atoms with van der Waals surface area (Å²) in [5, 5.41) is 0. The molecule has 0 saturated carbocycles. The number of nitrogens with zero attached hydrogens (tertiary/aromatic N) is 2. The Bertz CT molecular complexity index is 623. The van der Waals surface area contributed by atoms with E-state index in [-0.39, 0.29) is 0 Å². The third-order valence-electron chi connectivity index (χ3n) is 4.31. The van der Waals surface area contributed by atoms with Crippen LogP contribution in [0.3, 0.4) is 0 Å². The summed E-state index contributed by atoms with van der Waals surface area (Å²) in [7, 11) is 0. The number of oxazole rings is 1. The van der Waals surface area contributed by atoms with E-state index in [9.17, 15) is 0 Å². The highest BCUT2D eigenvalue weighted by molar-refractivity contribution is 7.98. The number of likely N-dealkylation sites (tertiary alicyclic amines) is 1. The van der Waals surface area contributed by atoms with Crippen LogP contribution in [0.15, 0.2) is 33.6 Å². The molecule has 1 aliphatic rings. The Labute approximate surface area is 136 Å². The lowest BCUT2D eigenvalue weighted by molar-refractivity contribution is 0.312. The van der Waals surface area contributed by atoms with Crippen molar-refractivity contribution in [2.24, 2.45) is 11.7 Å². The molecular weight excluding hydrogens is 294 g/mol. The van der Waals surface area contributed by atoms with E-state index in [1.807, 2.05) is 6.92 Å². The minimum Gasteiger partial charge on any atom is -0.441 e. The van der Waals surface area contributed by atoms with E-state index < -0.39 is 0 Å². The molecule has 22 heavy (non-hydrogen) atoms. The summed E-state index contributed by atoms with van der Waals surface area (Å²) in [6, 6.07) is 8.35. The predicted molar refractivity (Wildman–Crippen MR) is 90.9 cm³/mol. The fourth-order valence-electron chi connectivity index (χ4n) is 2.89. The van der Waals surface area contributed by atoms with Gasteiger partial charge in [-0.1, -0.05) is 0 Å². The van der Waals surface area contributed by atoms with Gasteiger partial charge in [-0.15, -0.1) is 11.8 Å². The normalized spacial score (nSPS) is 19.0. The summed E-state index contributed by atoms with van der Waals surface area (Å²) >= 11 is 1.74. The molecule has 1 aliphatic heterocycles. The van der Waals surface area contributed by atoms with E-state index in [1.54, 1.807) is 11.8 Å². The van der Waals surface area contributed by atoms with Crippen molar-refractivity contribution in [3.05, 3.63) is 35.7 Å². The zero-order valence-electron chi connectivity index (χ0n) is 13.2. The summed E-state index contributed by atoms with van der Waals surface area (Å²) in [5.41, 5.74) is 7.84. The van der Waals surface area contributed by atoms with Crippen molar-refractivity contribution >= 4 is 11.8 Å². The van der Waals surface area contributed by atoms with Gasteiger partial charge in [-0.3, -0.25) is 4.90 Å². The number of aromatic nitrogens is 1. The fraction of sp³-hybridized carbons (Fsp3) is 0.471. The van der Waals surface area contributed by atoms with Crippen LogP contribution in [0.2, 0.25) is 0 Å². The summed E-state index contributed by atoms with van der Waals surface area (Å²) in [6.07, 6.45) is 3.27. The van der Waals surface area contributed by atoms with Gasteiger partial charge in [-0.25, -0.2) is 4.98 Å². The van der Waals surface area contributed by atoms with E-state index in [0.29, 0.717) is 5.92 Å². The van der Waals surface area contributed by atoms with Crippen molar-refractivity contribution in [3.8, 4) is 11.5 Å². The Balaban J connectivity index is 1.73. The monoisotopic (exact) mass is 317 g/mol. The van der Waals surface area contributed by atoms with Crippen LogP contribution in [0.1, 0.15) is 17.9 Å². The molecule has 0 unspecified atom stereocenters. The first-order valence-electron chi connectivity index (χ1n) is 7.72. The van der Waals surface area contributed by atoms with Gasteiger partial charge in [0.2, 0.25) is 5.89 Å². The maximum absolute atomic E-state index is 5.87. The second-order valence-corrected chi connectivity index (χ2v) is 6.76. The number of benzene rings is 1. The molecule has 1 saturated heterocycles. The number of aryl methyl sites for hydroxylation is 1. The van der Waals surface area contributed by atoms with Gasteiger partial charge in [0.05, 0.1) is 5.69 Å². The van der Waals surface area contributed by atoms with Crippen LogP contribution in [0.5, 0.6) is 0 Å². The molecule has 2 heterocycles. The van der Waals surface area contributed by atoms with Crippen LogP contribution in [0.25, 0.3) is 11.5 Å². The molecule has 2 N–H and O–H groups in total. The van der Waals surface area contributed by atoms with Crippen molar-refractivity contribution in [3.63, 3.8) is 0 Å². The van der Waals surface area contributed by atoms with Crippen LogP contribution in [0.4, 0.5) is 0 Å². The SMILES string of the molecule is CSc1ccc(-c2nc(CN3CC[C@H](CN)C3)c(C)o2)cc1.